The summed E-state index contributed by atoms with van der Waals surface area (Å²) < 4.78 is 0. The van der Waals surface area contributed by atoms with Gasteiger partial charge in [-0.05, 0) is 51.4 Å². The molecule has 0 fully saturated rings. The molecule has 0 spiro atoms. The number of hydrogen-bond acceptors (Lipinski definition) is 1. The lowest BCUT2D eigenvalue weighted by Crippen LogP contribution is -1.98. The van der Waals surface area contributed by atoms with Crippen LogP contribution in [0.3, 0.4) is 0 Å². The maximum Gasteiger partial charge on any atom is 0.331 e. The molecule has 0 aliphatic carbocycles. The lowest BCUT2D eigenvalue weighted by molar-refractivity contribution is -0.132. The third-order valence-electron chi connectivity index (χ3n) is 3.90. The van der Waals surface area contributed by atoms with E-state index in [9.17, 15) is 4.79 Å². The molecule has 2 heteroatoms. The van der Waals surface area contributed by atoms with Crippen molar-refractivity contribution in [1.29, 1.82) is 0 Å². The summed E-state index contributed by atoms with van der Waals surface area (Å²) in [6.07, 6.45) is 27.2. The number of allylic oxidation sites excluding steroid dienone is 7. The van der Waals surface area contributed by atoms with Crippen LogP contribution < -0.4 is 0 Å². The fraction of sp³-hybridized carbons (Fsp3) is 0.591. The van der Waals surface area contributed by atoms with Crippen LogP contribution in [0.4, 0.5) is 0 Å². The maximum absolute atomic E-state index is 10.8. The van der Waals surface area contributed by atoms with E-state index in [1.165, 1.54) is 32.1 Å². The lowest BCUT2D eigenvalue weighted by atomic mass is 10.1. The molecule has 136 valence electrons. The first-order valence-corrected chi connectivity index (χ1v) is 9.59. The van der Waals surface area contributed by atoms with Gasteiger partial charge in [-0.25, -0.2) is 4.79 Å². The molecule has 0 unspecified atom stereocenters. The summed E-state index contributed by atoms with van der Waals surface area (Å²) in [6, 6.07) is 0. The minimum atomic E-state index is -0.767. The molecule has 0 atom stereocenters. The normalized spacial score (nSPS) is 12.8. The Balaban J connectivity index is 3.43. The van der Waals surface area contributed by atoms with E-state index in [-0.39, 0.29) is 0 Å². The van der Waals surface area contributed by atoms with Crippen LogP contribution in [0.15, 0.2) is 48.1 Å². The minimum Gasteiger partial charge on any atom is -0.478 e. The Morgan fingerprint density at radius 2 is 1.29 bits per heavy atom. The van der Waals surface area contributed by atoms with Gasteiger partial charge in [0.15, 0.2) is 0 Å². The highest BCUT2D eigenvalue weighted by molar-refractivity contribution is 5.86. The van der Waals surface area contributed by atoms with E-state index in [0.717, 1.165) is 32.1 Å². The van der Waals surface area contributed by atoms with Crippen LogP contribution in [0.25, 0.3) is 0 Å². The van der Waals surface area contributed by atoms with Crippen LogP contribution in [0, 0.1) is 0 Å². The summed E-state index contributed by atoms with van der Waals surface area (Å²) >= 11 is 0. The van der Waals surface area contributed by atoms with Crippen molar-refractivity contribution in [2.75, 3.05) is 0 Å². The number of carboxylic acid groups (broad SMARTS) is 1. The Kier molecular flexibility index (Phi) is 16.6. The monoisotopic (exact) mass is 332 g/mol. The van der Waals surface area contributed by atoms with Gasteiger partial charge in [0.2, 0.25) is 0 Å². The number of hydrogen-bond donors (Lipinski definition) is 1. The molecule has 24 heavy (non-hydrogen) atoms. The summed E-state index contributed by atoms with van der Waals surface area (Å²) in [7, 11) is 0. The van der Waals surface area contributed by atoms with Crippen molar-refractivity contribution in [3.63, 3.8) is 0 Å². The molecule has 0 amide bonds. The minimum absolute atomic E-state index is 0.551. The van der Waals surface area contributed by atoms with Gasteiger partial charge in [-0.3, -0.25) is 0 Å². The van der Waals surface area contributed by atoms with Crippen molar-refractivity contribution >= 4 is 5.97 Å². The van der Waals surface area contributed by atoms with Crippen LogP contribution in [-0.2, 0) is 4.79 Å². The molecule has 0 aromatic carbocycles. The molecule has 0 aliphatic rings. The van der Waals surface area contributed by atoms with Gasteiger partial charge in [-0.1, -0.05) is 75.6 Å². The summed E-state index contributed by atoms with van der Waals surface area (Å²) in [5.74, 6) is -0.767. The maximum atomic E-state index is 10.8. The second-order valence-electron chi connectivity index (χ2n) is 6.03. The average molecular weight is 333 g/mol. The molecule has 0 bridgehead atoms. The first kappa shape index (κ1) is 22.4. The molecule has 0 rings (SSSR count). The second kappa shape index (κ2) is 17.8. The Hall–Kier alpha value is -1.57. The average Bonchev–Trinajstić information content (AvgIpc) is 2.57. The highest BCUT2D eigenvalue weighted by atomic mass is 16.4. The van der Waals surface area contributed by atoms with Crippen LogP contribution in [-0.4, -0.2) is 11.1 Å². The molecule has 0 aromatic heterocycles. The first-order chi connectivity index (χ1) is 11.7. The van der Waals surface area contributed by atoms with E-state index in [1.807, 2.05) is 13.0 Å². The van der Waals surface area contributed by atoms with E-state index < -0.39 is 5.97 Å². The van der Waals surface area contributed by atoms with Crippen molar-refractivity contribution in [1.82, 2.24) is 0 Å². The van der Waals surface area contributed by atoms with Gasteiger partial charge in [-0.15, -0.1) is 0 Å². The quantitative estimate of drug-likeness (QED) is 0.199. The molecule has 2 nitrogen and oxygen atoms in total. The van der Waals surface area contributed by atoms with Crippen molar-refractivity contribution < 1.29 is 9.90 Å². The fourth-order valence-corrected chi connectivity index (χ4v) is 2.42. The molecule has 0 radical (unpaired) electrons. The zero-order chi connectivity index (χ0) is 17.9. The fourth-order valence-electron chi connectivity index (χ4n) is 2.42. The Bertz CT molecular complexity index is 414. The summed E-state index contributed by atoms with van der Waals surface area (Å²) in [4.78, 5) is 10.8. The second-order valence-corrected chi connectivity index (χ2v) is 6.03. The highest BCUT2D eigenvalue weighted by Gasteiger charge is 2.02. The van der Waals surface area contributed by atoms with Gasteiger partial charge in [0.25, 0.3) is 0 Å². The molecule has 0 saturated heterocycles. The zero-order valence-electron chi connectivity index (χ0n) is 15.7. The molecule has 1 N–H and O–H groups in total. The predicted octanol–water partition coefficient (Wildman–Crippen LogP) is 7.00. The van der Waals surface area contributed by atoms with Crippen LogP contribution >= 0.6 is 0 Å². The zero-order valence-corrected chi connectivity index (χ0v) is 15.7. The largest absolute Gasteiger partial charge is 0.478 e. The standard InChI is InChI=1S/C22H36O2/c1-3-5-6-7-8-9-10-11-12-13-14-15-16-17-18-19-20-21(4-2)22(23)24/h5-6,8-9,11-12,20H,3-4,7,10,13-19H2,1-2H3,(H,23,24)/b6-5+,9-8+,12-11+,21-20+. The van der Waals surface area contributed by atoms with Crippen LogP contribution in [0.5, 0.6) is 0 Å². The van der Waals surface area contributed by atoms with Crippen molar-refractivity contribution in [3.05, 3.63) is 48.1 Å². The SMILES string of the molecule is CC/C=C/C/C=C/C/C=C/CCCCCCC/C=C(\CC)C(=O)O. The van der Waals surface area contributed by atoms with Crippen LogP contribution in [0.2, 0.25) is 0 Å². The number of unbranched alkanes of at least 4 members (excludes halogenated alkanes) is 6. The van der Waals surface area contributed by atoms with Crippen LogP contribution in [0.1, 0.15) is 84.5 Å². The molecule has 0 saturated carbocycles. The molecule has 0 aliphatic heterocycles. The molecular weight excluding hydrogens is 296 g/mol. The summed E-state index contributed by atoms with van der Waals surface area (Å²) in [5.41, 5.74) is 0.551. The van der Waals surface area contributed by atoms with E-state index in [2.05, 4.69) is 43.4 Å². The molecular formula is C22H36O2. The third-order valence-corrected chi connectivity index (χ3v) is 3.90. The van der Waals surface area contributed by atoms with Gasteiger partial charge >= 0.3 is 5.97 Å². The molecule has 0 aromatic rings. The smallest absolute Gasteiger partial charge is 0.331 e. The number of rotatable bonds is 15. The van der Waals surface area contributed by atoms with Gasteiger partial charge < -0.3 is 5.11 Å². The lowest BCUT2D eigenvalue weighted by Gasteiger charge is -2.00. The highest BCUT2D eigenvalue weighted by Crippen LogP contribution is 2.10. The Labute approximate surface area is 149 Å². The van der Waals surface area contributed by atoms with Crippen molar-refractivity contribution in [3.8, 4) is 0 Å². The molecule has 0 heterocycles. The van der Waals surface area contributed by atoms with E-state index >= 15 is 0 Å². The predicted molar refractivity (Wildman–Crippen MR) is 105 cm³/mol. The van der Waals surface area contributed by atoms with Gasteiger partial charge in [0, 0.05) is 5.57 Å². The van der Waals surface area contributed by atoms with Gasteiger partial charge in [0.1, 0.15) is 0 Å². The number of carboxylic acids is 1. The Morgan fingerprint density at radius 3 is 1.88 bits per heavy atom. The summed E-state index contributed by atoms with van der Waals surface area (Å²) in [6.45, 7) is 4.05. The third kappa shape index (κ3) is 15.3. The first-order valence-electron chi connectivity index (χ1n) is 9.59. The van der Waals surface area contributed by atoms with E-state index in [0.29, 0.717) is 12.0 Å². The number of carbonyl (C=O) groups is 1. The summed E-state index contributed by atoms with van der Waals surface area (Å²) in [5, 5.41) is 8.92. The number of aliphatic carboxylic acids is 1. The van der Waals surface area contributed by atoms with Crippen molar-refractivity contribution in [2.45, 2.75) is 84.5 Å². The van der Waals surface area contributed by atoms with Gasteiger partial charge in [-0.2, -0.15) is 0 Å². The van der Waals surface area contributed by atoms with E-state index in [4.69, 9.17) is 5.11 Å². The Morgan fingerprint density at radius 1 is 0.750 bits per heavy atom. The van der Waals surface area contributed by atoms with E-state index in [1.54, 1.807) is 0 Å². The van der Waals surface area contributed by atoms with Crippen molar-refractivity contribution in [2.24, 2.45) is 0 Å². The van der Waals surface area contributed by atoms with Gasteiger partial charge in [0.05, 0.1) is 0 Å². The topological polar surface area (TPSA) is 37.3 Å².